The Morgan fingerprint density at radius 1 is 1.16 bits per heavy atom. The molecule has 0 fully saturated rings. The van der Waals surface area contributed by atoms with Crippen LogP contribution in [-0.2, 0) is 26.7 Å². The minimum atomic E-state index is 0.851. The lowest BCUT2D eigenvalue weighted by Gasteiger charge is -2.14. The van der Waals surface area contributed by atoms with E-state index in [0.29, 0.717) is 0 Å². The molecule has 102 valence electrons. The van der Waals surface area contributed by atoms with Gasteiger partial charge in [0.1, 0.15) is 0 Å². The molecule has 4 heteroatoms. The van der Waals surface area contributed by atoms with E-state index in [0.717, 1.165) is 19.6 Å². The zero-order chi connectivity index (χ0) is 13.7. The summed E-state index contributed by atoms with van der Waals surface area (Å²) in [5, 5.41) is 7.64. The van der Waals surface area contributed by atoms with Crippen LogP contribution < -0.4 is 5.32 Å². The van der Waals surface area contributed by atoms with Crippen molar-refractivity contribution in [1.29, 1.82) is 0 Å². The molecule has 0 radical (unpaired) electrons. The largest absolute Gasteiger partial charge is 0.308 e. The molecule has 0 amide bonds. The Morgan fingerprint density at radius 2 is 1.89 bits per heavy atom. The van der Waals surface area contributed by atoms with Crippen LogP contribution in [0.2, 0.25) is 0 Å². The van der Waals surface area contributed by atoms with Gasteiger partial charge in [-0.05, 0) is 25.2 Å². The van der Waals surface area contributed by atoms with E-state index in [9.17, 15) is 0 Å². The SMILES string of the molecule is CN(C)Cc1ccccc1CNCc1cnn(C)c1. The number of benzene rings is 1. The minimum Gasteiger partial charge on any atom is -0.308 e. The fourth-order valence-corrected chi connectivity index (χ4v) is 2.13. The van der Waals surface area contributed by atoms with Crippen molar-refractivity contribution in [3.63, 3.8) is 0 Å². The van der Waals surface area contributed by atoms with Gasteiger partial charge in [-0.3, -0.25) is 4.68 Å². The molecule has 0 atom stereocenters. The summed E-state index contributed by atoms with van der Waals surface area (Å²) in [4.78, 5) is 2.19. The van der Waals surface area contributed by atoms with Crippen molar-refractivity contribution < 1.29 is 0 Å². The second-order valence-corrected chi connectivity index (χ2v) is 5.13. The van der Waals surface area contributed by atoms with Gasteiger partial charge in [0, 0.05) is 38.4 Å². The normalized spacial score (nSPS) is 11.2. The summed E-state index contributed by atoms with van der Waals surface area (Å²) in [7, 11) is 6.13. The first-order chi connectivity index (χ1) is 9.15. The summed E-state index contributed by atoms with van der Waals surface area (Å²) in [5.41, 5.74) is 3.96. The van der Waals surface area contributed by atoms with Gasteiger partial charge in [-0.25, -0.2) is 0 Å². The molecule has 0 unspecified atom stereocenters. The highest BCUT2D eigenvalue weighted by Crippen LogP contribution is 2.10. The Balaban J connectivity index is 1.92. The van der Waals surface area contributed by atoms with Crippen molar-refractivity contribution in [2.75, 3.05) is 14.1 Å². The number of rotatable bonds is 6. The first-order valence-corrected chi connectivity index (χ1v) is 6.55. The minimum absolute atomic E-state index is 0.851. The second-order valence-electron chi connectivity index (χ2n) is 5.13. The Kier molecular flexibility index (Phi) is 4.71. The predicted molar refractivity (Wildman–Crippen MR) is 77.6 cm³/mol. The van der Waals surface area contributed by atoms with Crippen LogP contribution in [0.3, 0.4) is 0 Å². The van der Waals surface area contributed by atoms with Gasteiger partial charge in [0.2, 0.25) is 0 Å². The number of aromatic nitrogens is 2. The molecule has 0 aliphatic carbocycles. The molecule has 1 N–H and O–H groups in total. The van der Waals surface area contributed by atoms with Gasteiger partial charge in [-0.1, -0.05) is 24.3 Å². The molecule has 1 aromatic heterocycles. The van der Waals surface area contributed by atoms with Crippen LogP contribution in [0.15, 0.2) is 36.7 Å². The zero-order valence-electron chi connectivity index (χ0n) is 11.9. The van der Waals surface area contributed by atoms with E-state index in [1.165, 1.54) is 16.7 Å². The van der Waals surface area contributed by atoms with E-state index in [-0.39, 0.29) is 0 Å². The average molecular weight is 258 g/mol. The summed E-state index contributed by atoms with van der Waals surface area (Å²) < 4.78 is 1.83. The van der Waals surface area contributed by atoms with E-state index in [1.54, 1.807) is 0 Å². The summed E-state index contributed by atoms with van der Waals surface area (Å²) in [5.74, 6) is 0. The van der Waals surface area contributed by atoms with Crippen LogP contribution in [0.25, 0.3) is 0 Å². The number of aryl methyl sites for hydroxylation is 1. The standard InChI is InChI=1S/C15H22N4/c1-18(2)12-15-7-5-4-6-14(15)10-16-8-13-9-17-19(3)11-13/h4-7,9,11,16H,8,10,12H2,1-3H3. The topological polar surface area (TPSA) is 33.1 Å². The fraction of sp³-hybridized carbons (Fsp3) is 0.400. The molecule has 0 saturated heterocycles. The molecule has 4 nitrogen and oxygen atoms in total. The van der Waals surface area contributed by atoms with Crippen LogP contribution >= 0.6 is 0 Å². The Morgan fingerprint density at radius 3 is 2.53 bits per heavy atom. The first-order valence-electron chi connectivity index (χ1n) is 6.55. The van der Waals surface area contributed by atoms with Crippen LogP contribution in [0.4, 0.5) is 0 Å². The van der Waals surface area contributed by atoms with Gasteiger partial charge in [0.25, 0.3) is 0 Å². The number of hydrogen-bond acceptors (Lipinski definition) is 3. The van der Waals surface area contributed by atoms with Crippen LogP contribution in [0.5, 0.6) is 0 Å². The van der Waals surface area contributed by atoms with Crippen LogP contribution in [0.1, 0.15) is 16.7 Å². The van der Waals surface area contributed by atoms with Crippen molar-refractivity contribution in [2.24, 2.45) is 7.05 Å². The molecule has 0 bridgehead atoms. The zero-order valence-corrected chi connectivity index (χ0v) is 11.9. The van der Waals surface area contributed by atoms with Crippen LogP contribution in [-0.4, -0.2) is 28.8 Å². The lowest BCUT2D eigenvalue weighted by molar-refractivity contribution is 0.400. The van der Waals surface area contributed by atoms with Crippen LogP contribution in [0, 0.1) is 0 Å². The lowest BCUT2D eigenvalue weighted by Crippen LogP contribution is -2.17. The van der Waals surface area contributed by atoms with Crippen molar-refractivity contribution in [3.8, 4) is 0 Å². The van der Waals surface area contributed by atoms with E-state index < -0.39 is 0 Å². The molecule has 1 heterocycles. The molecule has 0 spiro atoms. The molecule has 19 heavy (non-hydrogen) atoms. The fourth-order valence-electron chi connectivity index (χ4n) is 2.13. The molecule has 2 rings (SSSR count). The quantitative estimate of drug-likeness (QED) is 0.857. The first kappa shape index (κ1) is 13.8. The lowest BCUT2D eigenvalue weighted by atomic mass is 10.1. The molecule has 0 aliphatic heterocycles. The Labute approximate surface area is 115 Å². The van der Waals surface area contributed by atoms with E-state index in [4.69, 9.17) is 0 Å². The second kappa shape index (κ2) is 6.50. The summed E-state index contributed by atoms with van der Waals surface area (Å²) in [6.07, 6.45) is 3.94. The maximum atomic E-state index is 4.17. The third kappa shape index (κ3) is 4.19. The third-order valence-corrected chi connectivity index (χ3v) is 3.01. The van der Waals surface area contributed by atoms with Crippen molar-refractivity contribution in [2.45, 2.75) is 19.6 Å². The smallest absolute Gasteiger partial charge is 0.0534 e. The molecular formula is C15H22N4. The van der Waals surface area contributed by atoms with E-state index in [2.05, 4.69) is 53.7 Å². The molecule has 0 saturated carbocycles. The number of hydrogen-bond donors (Lipinski definition) is 1. The maximum absolute atomic E-state index is 4.17. The van der Waals surface area contributed by atoms with Crippen molar-refractivity contribution in [1.82, 2.24) is 20.0 Å². The summed E-state index contributed by atoms with van der Waals surface area (Å²) in [6.45, 7) is 2.72. The third-order valence-electron chi connectivity index (χ3n) is 3.01. The molecular weight excluding hydrogens is 236 g/mol. The number of nitrogens with one attached hydrogen (secondary N) is 1. The highest BCUT2D eigenvalue weighted by molar-refractivity contribution is 5.27. The number of nitrogens with zero attached hydrogens (tertiary/aromatic N) is 3. The van der Waals surface area contributed by atoms with E-state index >= 15 is 0 Å². The monoisotopic (exact) mass is 258 g/mol. The highest BCUT2D eigenvalue weighted by atomic mass is 15.2. The van der Waals surface area contributed by atoms with Gasteiger partial charge in [0.05, 0.1) is 6.20 Å². The van der Waals surface area contributed by atoms with Crippen molar-refractivity contribution in [3.05, 3.63) is 53.3 Å². The Hall–Kier alpha value is -1.65. The molecule has 2 aromatic rings. The molecule has 1 aromatic carbocycles. The maximum Gasteiger partial charge on any atom is 0.0534 e. The van der Waals surface area contributed by atoms with Gasteiger partial charge in [-0.15, -0.1) is 0 Å². The van der Waals surface area contributed by atoms with Gasteiger partial charge < -0.3 is 10.2 Å². The average Bonchev–Trinajstić information content (AvgIpc) is 2.77. The highest BCUT2D eigenvalue weighted by Gasteiger charge is 2.03. The summed E-state index contributed by atoms with van der Waals surface area (Å²) >= 11 is 0. The van der Waals surface area contributed by atoms with Gasteiger partial charge in [0.15, 0.2) is 0 Å². The van der Waals surface area contributed by atoms with Gasteiger partial charge in [-0.2, -0.15) is 5.10 Å². The Bertz CT molecular complexity index is 516. The predicted octanol–water partition coefficient (Wildman–Crippen LogP) is 1.77. The van der Waals surface area contributed by atoms with Crippen molar-refractivity contribution >= 4 is 0 Å². The van der Waals surface area contributed by atoms with E-state index in [1.807, 2.05) is 24.1 Å². The van der Waals surface area contributed by atoms with Gasteiger partial charge >= 0.3 is 0 Å². The molecule has 0 aliphatic rings. The summed E-state index contributed by atoms with van der Waals surface area (Å²) in [6, 6.07) is 8.58.